The van der Waals surface area contributed by atoms with Crippen LogP contribution in [0.3, 0.4) is 0 Å². The van der Waals surface area contributed by atoms with E-state index in [1.807, 2.05) is 37.3 Å². The van der Waals surface area contributed by atoms with Gasteiger partial charge in [0.25, 0.3) is 0 Å². The lowest BCUT2D eigenvalue weighted by Gasteiger charge is -2.24. The Morgan fingerprint density at radius 3 is 2.31 bits per heavy atom. The van der Waals surface area contributed by atoms with Gasteiger partial charge < -0.3 is 9.53 Å². The average Bonchev–Trinajstić information content (AvgIpc) is 2.30. The normalized spacial score (nSPS) is 14.8. The van der Waals surface area contributed by atoms with E-state index in [1.54, 1.807) is 0 Å². The van der Waals surface area contributed by atoms with Crippen molar-refractivity contribution < 1.29 is 9.53 Å². The van der Waals surface area contributed by atoms with Crippen LogP contribution in [0.15, 0.2) is 30.3 Å². The quantitative estimate of drug-likeness (QED) is 0.689. The Morgan fingerprint density at radius 1 is 1.19 bits per heavy atom. The van der Waals surface area contributed by atoms with Crippen molar-refractivity contribution in [2.45, 2.75) is 33.5 Å². The summed E-state index contributed by atoms with van der Waals surface area (Å²) in [4.78, 5) is 10.8. The fourth-order valence-electron chi connectivity index (χ4n) is 1.80. The first-order valence-corrected chi connectivity index (χ1v) is 5.76. The maximum atomic E-state index is 10.8. The van der Waals surface area contributed by atoms with Gasteiger partial charge in [0.2, 0.25) is 0 Å². The number of carbonyl (C=O) groups excluding carboxylic acids is 1. The second-order valence-electron chi connectivity index (χ2n) is 4.50. The number of hydrogen-bond donors (Lipinski definition) is 0. The molecule has 0 aliphatic heterocycles. The molecule has 0 saturated carbocycles. The van der Waals surface area contributed by atoms with Crippen LogP contribution in [0, 0.1) is 11.8 Å². The van der Waals surface area contributed by atoms with Gasteiger partial charge in [-0.3, -0.25) is 0 Å². The Labute approximate surface area is 97.6 Å². The molecule has 0 unspecified atom stereocenters. The molecule has 1 aromatic carbocycles. The third kappa shape index (κ3) is 3.78. The summed E-state index contributed by atoms with van der Waals surface area (Å²) in [7, 11) is 0. The number of hydrogen-bond acceptors (Lipinski definition) is 2. The molecule has 0 heterocycles. The first-order chi connectivity index (χ1) is 7.65. The van der Waals surface area contributed by atoms with Crippen molar-refractivity contribution in [1.29, 1.82) is 0 Å². The molecular formula is C14H20O2. The SMILES string of the molecule is CC(C)[C@@H](OCc1ccccc1)[C@@H](C)C=O. The molecular weight excluding hydrogens is 200 g/mol. The van der Waals surface area contributed by atoms with Gasteiger partial charge in [0.15, 0.2) is 0 Å². The van der Waals surface area contributed by atoms with Gasteiger partial charge in [0.05, 0.1) is 12.7 Å². The summed E-state index contributed by atoms with van der Waals surface area (Å²) in [5.74, 6) is 0.299. The molecule has 1 rings (SSSR count). The lowest BCUT2D eigenvalue weighted by molar-refractivity contribution is -0.117. The van der Waals surface area contributed by atoms with Crippen molar-refractivity contribution in [1.82, 2.24) is 0 Å². The Kier molecular flexibility index (Phi) is 5.20. The predicted molar refractivity (Wildman–Crippen MR) is 65.1 cm³/mol. The van der Waals surface area contributed by atoms with E-state index >= 15 is 0 Å². The molecule has 0 spiro atoms. The van der Waals surface area contributed by atoms with Gasteiger partial charge in [-0.1, -0.05) is 51.1 Å². The van der Waals surface area contributed by atoms with Crippen molar-refractivity contribution in [3.63, 3.8) is 0 Å². The molecule has 0 aliphatic carbocycles. The molecule has 2 heteroatoms. The van der Waals surface area contributed by atoms with Gasteiger partial charge >= 0.3 is 0 Å². The summed E-state index contributed by atoms with van der Waals surface area (Å²) in [6.45, 7) is 6.63. The fourth-order valence-corrected chi connectivity index (χ4v) is 1.80. The first kappa shape index (κ1) is 12.9. The second kappa shape index (κ2) is 6.44. The molecule has 0 aromatic heterocycles. The molecule has 0 radical (unpaired) electrons. The van der Waals surface area contributed by atoms with Crippen molar-refractivity contribution in [3.05, 3.63) is 35.9 Å². The van der Waals surface area contributed by atoms with Crippen molar-refractivity contribution in [3.8, 4) is 0 Å². The minimum atomic E-state index is -0.0521. The third-order valence-electron chi connectivity index (χ3n) is 2.68. The van der Waals surface area contributed by atoms with Crippen LogP contribution >= 0.6 is 0 Å². The van der Waals surface area contributed by atoms with Crippen LogP contribution in [-0.4, -0.2) is 12.4 Å². The Morgan fingerprint density at radius 2 is 1.81 bits per heavy atom. The minimum Gasteiger partial charge on any atom is -0.373 e. The molecule has 1 aromatic rings. The van der Waals surface area contributed by atoms with E-state index in [2.05, 4.69) is 13.8 Å². The first-order valence-electron chi connectivity index (χ1n) is 5.76. The average molecular weight is 220 g/mol. The lowest BCUT2D eigenvalue weighted by Crippen LogP contribution is -2.28. The Hall–Kier alpha value is -1.15. The summed E-state index contributed by atoms with van der Waals surface area (Å²) in [6, 6.07) is 10.0. The van der Waals surface area contributed by atoms with Crippen LogP contribution in [0.5, 0.6) is 0 Å². The van der Waals surface area contributed by atoms with Gasteiger partial charge in [-0.15, -0.1) is 0 Å². The van der Waals surface area contributed by atoms with Crippen LogP contribution in [0.1, 0.15) is 26.3 Å². The largest absolute Gasteiger partial charge is 0.373 e. The molecule has 0 fully saturated rings. The lowest BCUT2D eigenvalue weighted by atomic mass is 9.96. The summed E-state index contributed by atoms with van der Waals surface area (Å²) in [5.41, 5.74) is 1.14. The van der Waals surface area contributed by atoms with Gasteiger partial charge in [-0.25, -0.2) is 0 Å². The molecule has 2 atom stereocenters. The number of carbonyl (C=O) groups is 1. The van der Waals surface area contributed by atoms with E-state index in [9.17, 15) is 4.79 Å². The molecule has 88 valence electrons. The highest BCUT2D eigenvalue weighted by atomic mass is 16.5. The highest BCUT2D eigenvalue weighted by Crippen LogP contribution is 2.17. The van der Waals surface area contributed by atoms with E-state index < -0.39 is 0 Å². The van der Waals surface area contributed by atoms with Crippen molar-refractivity contribution in [2.24, 2.45) is 11.8 Å². The van der Waals surface area contributed by atoms with Crippen molar-refractivity contribution in [2.75, 3.05) is 0 Å². The number of aldehydes is 1. The van der Waals surface area contributed by atoms with Gasteiger partial charge in [0, 0.05) is 5.92 Å². The van der Waals surface area contributed by atoms with E-state index in [-0.39, 0.29) is 12.0 Å². The Bertz CT molecular complexity index is 306. The standard InChI is InChI=1S/C14H20O2/c1-11(2)14(12(3)9-15)16-10-13-7-5-4-6-8-13/h4-9,11-12,14H,10H2,1-3H3/t12-,14+/m0/s1. The van der Waals surface area contributed by atoms with E-state index in [0.29, 0.717) is 12.5 Å². The van der Waals surface area contributed by atoms with Crippen LogP contribution in [-0.2, 0) is 16.1 Å². The van der Waals surface area contributed by atoms with E-state index in [4.69, 9.17) is 4.74 Å². The van der Waals surface area contributed by atoms with E-state index in [0.717, 1.165) is 11.8 Å². The molecule has 2 nitrogen and oxygen atoms in total. The third-order valence-corrected chi connectivity index (χ3v) is 2.68. The molecule has 0 amide bonds. The number of benzene rings is 1. The number of rotatable bonds is 6. The maximum Gasteiger partial charge on any atom is 0.125 e. The Balaban J connectivity index is 2.54. The van der Waals surface area contributed by atoms with Crippen molar-refractivity contribution >= 4 is 6.29 Å². The molecule has 0 N–H and O–H groups in total. The maximum absolute atomic E-state index is 10.8. The molecule has 0 aliphatic rings. The zero-order valence-electron chi connectivity index (χ0n) is 10.2. The zero-order valence-corrected chi connectivity index (χ0v) is 10.2. The van der Waals surface area contributed by atoms with Crippen LogP contribution in [0.4, 0.5) is 0 Å². The van der Waals surface area contributed by atoms with Gasteiger partial charge in [0.1, 0.15) is 6.29 Å². The molecule has 16 heavy (non-hydrogen) atoms. The summed E-state index contributed by atoms with van der Waals surface area (Å²) in [5, 5.41) is 0. The highest BCUT2D eigenvalue weighted by molar-refractivity contribution is 5.53. The zero-order chi connectivity index (χ0) is 12.0. The highest BCUT2D eigenvalue weighted by Gasteiger charge is 2.20. The van der Waals surface area contributed by atoms with Crippen LogP contribution in [0.2, 0.25) is 0 Å². The second-order valence-corrected chi connectivity index (χ2v) is 4.50. The summed E-state index contributed by atoms with van der Waals surface area (Å²) >= 11 is 0. The minimum absolute atomic E-state index is 0.00212. The smallest absolute Gasteiger partial charge is 0.125 e. The summed E-state index contributed by atoms with van der Waals surface area (Å²) < 4.78 is 5.81. The van der Waals surface area contributed by atoms with Gasteiger partial charge in [-0.2, -0.15) is 0 Å². The fraction of sp³-hybridized carbons (Fsp3) is 0.500. The van der Waals surface area contributed by atoms with Crippen LogP contribution in [0.25, 0.3) is 0 Å². The predicted octanol–water partition coefficient (Wildman–Crippen LogP) is 3.06. The monoisotopic (exact) mass is 220 g/mol. The van der Waals surface area contributed by atoms with E-state index in [1.165, 1.54) is 0 Å². The molecule has 0 bridgehead atoms. The number of ether oxygens (including phenoxy) is 1. The van der Waals surface area contributed by atoms with Gasteiger partial charge in [-0.05, 0) is 11.5 Å². The van der Waals surface area contributed by atoms with Crippen LogP contribution < -0.4 is 0 Å². The molecule has 0 saturated heterocycles. The topological polar surface area (TPSA) is 26.3 Å². The summed E-state index contributed by atoms with van der Waals surface area (Å²) in [6.07, 6.45) is 0.966.